The molecule has 4 nitrogen and oxygen atoms in total. The molecule has 0 atom stereocenters. The molecule has 0 radical (unpaired) electrons. The summed E-state index contributed by atoms with van der Waals surface area (Å²) in [7, 11) is 0. The average molecular weight is 200 g/mol. The minimum Gasteiger partial charge on any atom is -0.478 e. The number of unbranched alkanes of at least 4 members (excludes halogenated alkanes) is 1. The smallest absolute Gasteiger partial charge is 0.334 e. The predicted molar refractivity (Wildman–Crippen MR) is 51.9 cm³/mol. The molecule has 0 heterocycles. The highest BCUT2D eigenvalue weighted by molar-refractivity contribution is 5.95. The largest absolute Gasteiger partial charge is 0.478 e. The second-order valence-corrected chi connectivity index (χ2v) is 2.85. The first-order valence-corrected chi connectivity index (χ1v) is 4.72. The van der Waals surface area contributed by atoms with Gasteiger partial charge in [0.05, 0.1) is 6.61 Å². The number of ether oxygens (including phenoxy) is 1. The molecule has 0 aliphatic carbocycles. The van der Waals surface area contributed by atoms with Crippen LogP contribution in [0.1, 0.15) is 33.1 Å². The van der Waals surface area contributed by atoms with E-state index in [1.54, 1.807) is 6.92 Å². The lowest BCUT2D eigenvalue weighted by Crippen LogP contribution is -2.10. The lowest BCUT2D eigenvalue weighted by Gasteiger charge is -2.04. The topological polar surface area (TPSA) is 63.6 Å². The molecule has 0 rings (SSSR count). The highest BCUT2D eigenvalue weighted by Gasteiger charge is 2.09. The van der Waals surface area contributed by atoms with Crippen molar-refractivity contribution in [1.29, 1.82) is 0 Å². The Morgan fingerprint density at radius 3 is 2.43 bits per heavy atom. The van der Waals surface area contributed by atoms with E-state index in [1.807, 2.05) is 6.92 Å². The average Bonchev–Trinajstić information content (AvgIpc) is 2.14. The SMILES string of the molecule is CCCCOC(=O)/C(=C\C(=O)O)CC. The second kappa shape index (κ2) is 7.12. The van der Waals surface area contributed by atoms with Gasteiger partial charge in [0.15, 0.2) is 0 Å². The Balaban J connectivity index is 4.12. The van der Waals surface area contributed by atoms with Crippen LogP contribution in [-0.2, 0) is 14.3 Å². The summed E-state index contributed by atoms with van der Waals surface area (Å²) in [5, 5.41) is 8.45. The zero-order valence-corrected chi connectivity index (χ0v) is 8.58. The molecular weight excluding hydrogens is 184 g/mol. The molecule has 1 N–H and O–H groups in total. The standard InChI is InChI=1S/C10H16O4/c1-3-5-6-14-10(13)8(4-2)7-9(11)12/h7H,3-6H2,1-2H3,(H,11,12)/b8-7-. The molecule has 0 aromatic carbocycles. The summed E-state index contributed by atoms with van der Waals surface area (Å²) in [5.41, 5.74) is 0.202. The normalized spacial score (nSPS) is 11.1. The molecule has 0 aromatic rings. The van der Waals surface area contributed by atoms with E-state index < -0.39 is 11.9 Å². The van der Waals surface area contributed by atoms with Crippen molar-refractivity contribution >= 4 is 11.9 Å². The fourth-order valence-electron chi connectivity index (χ4n) is 0.856. The van der Waals surface area contributed by atoms with Gasteiger partial charge in [-0.15, -0.1) is 0 Å². The molecule has 0 aliphatic heterocycles. The zero-order chi connectivity index (χ0) is 11.0. The van der Waals surface area contributed by atoms with E-state index in [0.29, 0.717) is 13.0 Å². The summed E-state index contributed by atoms with van der Waals surface area (Å²) in [6.45, 7) is 4.06. The van der Waals surface area contributed by atoms with Gasteiger partial charge in [0, 0.05) is 11.6 Å². The van der Waals surface area contributed by atoms with Crippen LogP contribution in [0.25, 0.3) is 0 Å². The highest BCUT2D eigenvalue weighted by atomic mass is 16.5. The third-order valence-electron chi connectivity index (χ3n) is 1.67. The van der Waals surface area contributed by atoms with Crippen molar-refractivity contribution in [3.8, 4) is 0 Å². The van der Waals surface area contributed by atoms with Crippen LogP contribution in [0.15, 0.2) is 11.6 Å². The van der Waals surface area contributed by atoms with Crippen molar-refractivity contribution in [2.45, 2.75) is 33.1 Å². The van der Waals surface area contributed by atoms with Gasteiger partial charge in [0.1, 0.15) is 0 Å². The molecule has 0 saturated heterocycles. The van der Waals surface area contributed by atoms with Crippen molar-refractivity contribution in [2.75, 3.05) is 6.61 Å². The third-order valence-corrected chi connectivity index (χ3v) is 1.67. The van der Waals surface area contributed by atoms with E-state index in [2.05, 4.69) is 0 Å². The number of carbonyl (C=O) groups is 2. The van der Waals surface area contributed by atoms with Crippen molar-refractivity contribution in [3.05, 3.63) is 11.6 Å². The van der Waals surface area contributed by atoms with Crippen molar-refractivity contribution in [2.24, 2.45) is 0 Å². The monoisotopic (exact) mass is 200 g/mol. The summed E-state index contributed by atoms with van der Waals surface area (Å²) in [6, 6.07) is 0. The first-order chi connectivity index (χ1) is 6.61. The van der Waals surface area contributed by atoms with Crippen LogP contribution in [0.4, 0.5) is 0 Å². The second-order valence-electron chi connectivity index (χ2n) is 2.85. The quantitative estimate of drug-likeness (QED) is 0.403. The van der Waals surface area contributed by atoms with Gasteiger partial charge in [-0.25, -0.2) is 9.59 Å². The van der Waals surface area contributed by atoms with Gasteiger partial charge in [-0.05, 0) is 12.8 Å². The van der Waals surface area contributed by atoms with Crippen LogP contribution in [0, 0.1) is 0 Å². The van der Waals surface area contributed by atoms with Gasteiger partial charge in [-0.1, -0.05) is 20.3 Å². The first kappa shape index (κ1) is 12.7. The molecule has 4 heteroatoms. The fourth-order valence-corrected chi connectivity index (χ4v) is 0.856. The van der Waals surface area contributed by atoms with Crippen molar-refractivity contribution < 1.29 is 19.4 Å². The van der Waals surface area contributed by atoms with Crippen LogP contribution < -0.4 is 0 Å². The zero-order valence-electron chi connectivity index (χ0n) is 8.58. The molecule has 0 fully saturated rings. The Kier molecular flexibility index (Phi) is 6.45. The van der Waals surface area contributed by atoms with E-state index >= 15 is 0 Å². The molecule has 14 heavy (non-hydrogen) atoms. The number of carboxylic acid groups (broad SMARTS) is 1. The maximum absolute atomic E-state index is 11.2. The summed E-state index contributed by atoms with van der Waals surface area (Å²) in [5.74, 6) is -1.64. The molecule has 0 amide bonds. The maximum atomic E-state index is 11.2. The number of carboxylic acids is 1. The number of hydrogen-bond donors (Lipinski definition) is 1. The van der Waals surface area contributed by atoms with Crippen LogP contribution in [-0.4, -0.2) is 23.7 Å². The molecule has 0 unspecified atom stereocenters. The first-order valence-electron chi connectivity index (χ1n) is 4.72. The predicted octanol–water partition coefficient (Wildman–Crippen LogP) is 1.75. The van der Waals surface area contributed by atoms with Crippen LogP contribution in [0.2, 0.25) is 0 Å². The highest BCUT2D eigenvalue weighted by Crippen LogP contribution is 2.04. The van der Waals surface area contributed by atoms with Crippen molar-refractivity contribution in [3.63, 3.8) is 0 Å². The third kappa shape index (κ3) is 5.35. The molecule has 0 spiro atoms. The van der Waals surface area contributed by atoms with Crippen LogP contribution in [0.5, 0.6) is 0 Å². The number of hydrogen-bond acceptors (Lipinski definition) is 3. The van der Waals surface area contributed by atoms with Gasteiger partial charge < -0.3 is 9.84 Å². The van der Waals surface area contributed by atoms with Crippen LogP contribution in [0.3, 0.4) is 0 Å². The van der Waals surface area contributed by atoms with E-state index in [-0.39, 0.29) is 5.57 Å². The van der Waals surface area contributed by atoms with E-state index in [0.717, 1.165) is 18.9 Å². The summed E-state index contributed by atoms with van der Waals surface area (Å²) < 4.78 is 4.87. The van der Waals surface area contributed by atoms with Crippen molar-refractivity contribution in [1.82, 2.24) is 0 Å². The maximum Gasteiger partial charge on any atom is 0.334 e. The van der Waals surface area contributed by atoms with E-state index in [1.165, 1.54) is 0 Å². The minimum atomic E-state index is -1.12. The number of rotatable bonds is 6. The number of esters is 1. The molecule has 0 bridgehead atoms. The van der Waals surface area contributed by atoms with E-state index in [9.17, 15) is 9.59 Å². The molecule has 0 aliphatic rings. The van der Waals surface area contributed by atoms with Gasteiger partial charge in [-0.3, -0.25) is 0 Å². The summed E-state index contributed by atoms with van der Waals surface area (Å²) in [6.07, 6.45) is 3.01. The molecule has 0 aromatic heterocycles. The lowest BCUT2D eigenvalue weighted by molar-refractivity contribution is -0.140. The summed E-state index contributed by atoms with van der Waals surface area (Å²) in [4.78, 5) is 21.5. The number of carbonyl (C=O) groups excluding carboxylic acids is 1. The minimum absolute atomic E-state index is 0.202. The Morgan fingerprint density at radius 1 is 1.36 bits per heavy atom. The Hall–Kier alpha value is -1.32. The Bertz CT molecular complexity index is 230. The van der Waals surface area contributed by atoms with Gasteiger partial charge >= 0.3 is 11.9 Å². The Labute approximate surface area is 83.6 Å². The number of aliphatic carboxylic acids is 1. The Morgan fingerprint density at radius 2 is 2.00 bits per heavy atom. The lowest BCUT2D eigenvalue weighted by atomic mass is 10.2. The molecular formula is C10H16O4. The summed E-state index contributed by atoms with van der Waals surface area (Å²) >= 11 is 0. The van der Waals surface area contributed by atoms with Crippen LogP contribution >= 0.6 is 0 Å². The van der Waals surface area contributed by atoms with E-state index in [4.69, 9.17) is 9.84 Å². The molecule has 0 saturated carbocycles. The van der Waals surface area contributed by atoms with Gasteiger partial charge in [0.25, 0.3) is 0 Å². The van der Waals surface area contributed by atoms with Gasteiger partial charge in [-0.2, -0.15) is 0 Å². The van der Waals surface area contributed by atoms with Gasteiger partial charge in [0.2, 0.25) is 0 Å². The molecule has 80 valence electrons. The fraction of sp³-hybridized carbons (Fsp3) is 0.600.